The third-order valence-electron chi connectivity index (χ3n) is 3.22. The lowest BCUT2D eigenvalue weighted by Gasteiger charge is -1.90. The molecule has 0 aromatic carbocycles. The molecule has 0 amide bonds. The summed E-state index contributed by atoms with van der Waals surface area (Å²) in [6, 6.07) is 0. The molecule has 0 spiro atoms. The van der Waals surface area contributed by atoms with Crippen LogP contribution in [-0.4, -0.2) is 11.1 Å². The molecule has 124 valence electrons. The van der Waals surface area contributed by atoms with E-state index in [9.17, 15) is 4.79 Å². The minimum Gasteiger partial charge on any atom is -0.481 e. The third kappa shape index (κ3) is 18.4. The molecule has 0 atom stereocenters. The minimum atomic E-state index is -0.712. The van der Waals surface area contributed by atoms with Gasteiger partial charge >= 0.3 is 5.97 Å². The monoisotopic (exact) mass is 324 g/mol. The fourth-order valence-corrected chi connectivity index (χ4v) is 1.93. The van der Waals surface area contributed by atoms with Gasteiger partial charge in [-0.15, -0.1) is 0 Å². The molecule has 0 aromatic rings. The lowest BCUT2D eigenvalue weighted by atomic mass is 11.2. The van der Waals surface area contributed by atoms with Gasteiger partial charge in [0.25, 0.3) is 0 Å². The summed E-state index contributed by atoms with van der Waals surface area (Å²) in [6.07, 6.45) is 27.3. The highest BCUT2D eigenvalue weighted by Crippen LogP contribution is 2.01. The molecule has 0 heterocycles. The number of carboxylic acids is 1. The summed E-state index contributed by atoms with van der Waals surface area (Å²) in [5.41, 5.74) is 0. The molecule has 0 fully saturated rings. The van der Waals surface area contributed by atoms with Crippen LogP contribution in [0.4, 0.5) is 0 Å². The van der Waals surface area contributed by atoms with E-state index in [1.165, 1.54) is 25.7 Å². The van der Waals surface area contributed by atoms with Gasteiger partial charge in [0.15, 0.2) is 0 Å². The van der Waals surface area contributed by atoms with Crippen LogP contribution in [0.15, 0.2) is 48.6 Å². The topological polar surface area (TPSA) is 37.3 Å². The first-order valence-electron chi connectivity index (χ1n) is 8.59. The Balaban J connectivity index is 3.40. The van der Waals surface area contributed by atoms with Crippen LogP contribution >= 0.6 is 0 Å². The van der Waals surface area contributed by atoms with Gasteiger partial charge in [-0.25, -0.2) is 0 Å². The van der Waals surface area contributed by atoms with Crippen LogP contribution in [0.25, 0.3) is 0 Å². The quantitative estimate of drug-likeness (QED) is 0.234. The summed E-state index contributed by atoms with van der Waals surface area (Å²) < 4.78 is 0. The van der Waals surface area contributed by atoms with Gasteiger partial charge in [0, 0.05) is 6.42 Å². The van der Waals surface area contributed by atoms with E-state index >= 15 is 0 Å². The van der Waals surface area contributed by atoms with Crippen LogP contribution in [0.3, 0.4) is 0 Å². The van der Waals surface area contributed by atoms with Crippen molar-refractivity contribution in [1.82, 2.24) is 0 Å². The van der Waals surface area contributed by atoms with Crippen molar-refractivity contribution >= 4 is 5.97 Å². The molecular weight excluding hydrogens is 292 g/mol. The Labute approximate surface area is 136 Å². The third-order valence-corrected chi connectivity index (χ3v) is 3.22. The number of hydrogen-bond donors (Lipinski definition) is 1. The van der Waals surface area contributed by atoms with E-state index < -0.39 is 5.97 Å². The van der Waals surface area contributed by atoms with Gasteiger partial charge in [-0.3, -0.25) is 4.79 Å². The van der Waals surface area contributed by atoms with E-state index in [1.807, 2.05) is 0 Å². The largest absolute Gasteiger partial charge is 0.481 e. The van der Waals surface area contributed by atoms with Crippen LogP contribution < -0.4 is 0 Å². The number of rotatable bonds is 14. The van der Waals surface area contributed by atoms with Gasteiger partial charge < -0.3 is 5.11 Å². The zero-order valence-corrected chi connectivity index (χ0v) is 14.0. The van der Waals surface area contributed by atoms with Crippen molar-refractivity contribution in [3.63, 3.8) is 0 Å². The van der Waals surface area contributed by atoms with Crippen molar-refractivity contribution in [1.29, 1.82) is 0 Å². The summed E-state index contributed by atoms with van der Waals surface area (Å²) in [4.78, 5) is 10.3. The standard InChI is InChI=1S/C20H32O2/c1-2-3-4-5-6-7-8-9-10-11-12-13-14-15-16-17-18-19-20(21)22/h6-7,9-10,12-13,15-16H,2-5,8,11,14,17-19H2,1H3,(H,21,22)/b7-6-,10-9-,13-12-,16-15-/i1+1,2+1,3+1,4+1,5+1,6+1,7+1,8+1,9+1,10+1,11+1,12+1,13+1,14+1,15+1,16+1,17+1,18+1,19+1,20+1. The van der Waals surface area contributed by atoms with E-state index in [0.29, 0.717) is 0 Å². The molecule has 0 bridgehead atoms. The zero-order valence-electron chi connectivity index (χ0n) is 14.0. The van der Waals surface area contributed by atoms with Gasteiger partial charge in [-0.1, -0.05) is 68.4 Å². The van der Waals surface area contributed by atoms with Crippen molar-refractivity contribution in [2.24, 2.45) is 0 Å². The highest BCUT2D eigenvalue weighted by Gasteiger charge is 1.92. The van der Waals surface area contributed by atoms with Crippen LogP contribution in [-0.2, 0) is 4.79 Å². The molecular formula is C20H32O2. The zero-order chi connectivity index (χ0) is 16.3. The number of aliphatic carboxylic acids is 1. The first-order valence-corrected chi connectivity index (χ1v) is 8.59. The Bertz CT molecular complexity index is 362. The predicted molar refractivity (Wildman–Crippen MR) is 96.0 cm³/mol. The fourth-order valence-electron chi connectivity index (χ4n) is 1.93. The summed E-state index contributed by atoms with van der Waals surface area (Å²) in [5, 5.41) is 8.49. The molecule has 0 rings (SSSR count). The Morgan fingerprint density at radius 3 is 1.64 bits per heavy atom. The van der Waals surface area contributed by atoms with Crippen molar-refractivity contribution in [2.75, 3.05) is 0 Å². The second-order valence-electron chi connectivity index (χ2n) is 5.37. The smallest absolute Gasteiger partial charge is 0.303 e. The van der Waals surface area contributed by atoms with Crippen LogP contribution in [0.1, 0.15) is 71.1 Å². The minimum absolute atomic E-state index is 0.262. The molecule has 0 saturated heterocycles. The molecule has 2 heteroatoms. The molecule has 1 N–H and O–H groups in total. The molecule has 0 radical (unpaired) electrons. The Morgan fingerprint density at radius 2 is 1.18 bits per heavy atom. The maximum absolute atomic E-state index is 10.3. The number of hydrogen-bond acceptors (Lipinski definition) is 1. The van der Waals surface area contributed by atoms with Crippen molar-refractivity contribution < 1.29 is 9.90 Å². The molecule has 0 unspecified atom stereocenters. The number of allylic oxidation sites excluding steroid dienone is 8. The lowest BCUT2D eigenvalue weighted by Crippen LogP contribution is -1.92. The molecule has 0 aliphatic carbocycles. The maximum Gasteiger partial charge on any atom is 0.303 e. The van der Waals surface area contributed by atoms with Crippen LogP contribution in [0, 0.1) is 0 Å². The van der Waals surface area contributed by atoms with E-state index in [4.69, 9.17) is 5.11 Å². The van der Waals surface area contributed by atoms with Gasteiger partial charge in [0.2, 0.25) is 0 Å². The molecule has 0 aromatic heterocycles. The van der Waals surface area contributed by atoms with E-state index in [-0.39, 0.29) is 6.42 Å². The average molecular weight is 324 g/mol. The van der Waals surface area contributed by atoms with E-state index in [0.717, 1.165) is 32.1 Å². The fraction of sp³-hybridized carbons (Fsp3) is 0.550. The number of unbranched alkanes of at least 4 members (excludes halogenated alkanes) is 4. The maximum atomic E-state index is 10.3. The first-order chi connectivity index (χ1) is 10.8. The summed E-state index contributed by atoms with van der Waals surface area (Å²) in [7, 11) is 0. The number of carbonyl (C=O) groups is 1. The average Bonchev–Trinajstić information content (AvgIpc) is 2.50. The Kier molecular flexibility index (Phi) is 16.2. The Hall–Kier alpha value is -1.57. The predicted octanol–water partition coefficient (Wildman–Crippen LogP) is 6.22. The van der Waals surface area contributed by atoms with Gasteiger partial charge in [-0.05, 0) is 44.9 Å². The number of carboxylic acid groups (broad SMARTS) is 1. The molecule has 2 nitrogen and oxygen atoms in total. The molecule has 22 heavy (non-hydrogen) atoms. The summed E-state index contributed by atoms with van der Waals surface area (Å²) in [6.45, 7) is 2.23. The molecule has 0 aliphatic rings. The van der Waals surface area contributed by atoms with Crippen molar-refractivity contribution in [2.45, 2.75) is 71.1 Å². The van der Waals surface area contributed by atoms with E-state index in [1.54, 1.807) is 0 Å². The summed E-state index contributed by atoms with van der Waals surface area (Å²) >= 11 is 0. The van der Waals surface area contributed by atoms with E-state index in [2.05, 4.69) is 55.5 Å². The van der Waals surface area contributed by atoms with Gasteiger partial charge in [-0.2, -0.15) is 0 Å². The highest BCUT2D eigenvalue weighted by molar-refractivity contribution is 5.66. The van der Waals surface area contributed by atoms with Gasteiger partial charge in [0.1, 0.15) is 0 Å². The Morgan fingerprint density at radius 1 is 0.727 bits per heavy atom. The second kappa shape index (κ2) is 17.5. The first kappa shape index (κ1) is 20.4. The SMILES string of the molecule is [13CH3][13CH2][13CH2][13CH2][13CH2]/[13CH]=[13CH]\[13CH2]/[13CH]=[13CH]\[13CH2]/[13CH]=[13CH]\[13CH2]/[13CH]=[13CH]\[13CH2][13CH2][13CH2][13C](=O)O. The van der Waals surface area contributed by atoms with Crippen molar-refractivity contribution in [3.05, 3.63) is 48.6 Å². The lowest BCUT2D eigenvalue weighted by molar-refractivity contribution is -0.137. The van der Waals surface area contributed by atoms with Crippen LogP contribution in [0.2, 0.25) is 0 Å². The highest BCUT2D eigenvalue weighted by atomic mass is 16.5. The normalized spacial score (nSPS) is 12.4. The van der Waals surface area contributed by atoms with Crippen molar-refractivity contribution in [3.8, 4) is 0 Å². The second-order valence-corrected chi connectivity index (χ2v) is 5.37. The summed E-state index contributed by atoms with van der Waals surface area (Å²) in [5.74, 6) is -0.712. The molecule has 0 aliphatic heterocycles. The molecule has 0 saturated carbocycles. The van der Waals surface area contributed by atoms with Crippen LogP contribution in [0.5, 0.6) is 0 Å². The van der Waals surface area contributed by atoms with Gasteiger partial charge in [0.05, 0.1) is 0 Å².